The molecule has 4 unspecified atom stereocenters. The maximum Gasteiger partial charge on any atom is 0.410 e. The Morgan fingerprint density at radius 3 is 0.840 bits per heavy atom. The van der Waals surface area contributed by atoms with Crippen molar-refractivity contribution >= 4 is 100 Å². The first-order valence-corrected chi connectivity index (χ1v) is 45.8. The number of amides is 5. The van der Waals surface area contributed by atoms with Gasteiger partial charge in [0.15, 0.2) is 0 Å². The lowest BCUT2D eigenvalue weighted by Crippen LogP contribution is -3.00. The number of benzene rings is 8. The van der Waals surface area contributed by atoms with Crippen molar-refractivity contribution in [2.75, 3.05) is 99.7 Å². The van der Waals surface area contributed by atoms with Crippen molar-refractivity contribution in [2.24, 2.45) is 23.7 Å². The lowest BCUT2D eigenvalue weighted by atomic mass is 9.83. The topological polar surface area (TPSA) is 231 Å². The first-order chi connectivity index (χ1) is 62.2. The lowest BCUT2D eigenvalue weighted by molar-refractivity contribution is -0.938. The van der Waals surface area contributed by atoms with Gasteiger partial charge in [-0.3, -0.25) is 19.2 Å². The normalized spacial score (nSPS) is 19.5. The largest absolute Gasteiger partial charge is 1.00 e. The van der Waals surface area contributed by atoms with Crippen LogP contribution in [0.4, 0.5) is 4.79 Å². The second-order valence-electron chi connectivity index (χ2n) is 36.5. The summed E-state index contributed by atoms with van der Waals surface area (Å²) in [5.41, 5.74) is 11.5. The first-order valence-electron chi connectivity index (χ1n) is 44.3. The molecule has 0 radical (unpaired) electrons. The van der Waals surface area contributed by atoms with Gasteiger partial charge in [0.1, 0.15) is 32.0 Å². The van der Waals surface area contributed by atoms with Crippen LogP contribution in [0.3, 0.4) is 0 Å². The van der Waals surface area contributed by atoms with Gasteiger partial charge in [0.2, 0.25) is 23.6 Å². The Morgan fingerprint density at radius 1 is 0.366 bits per heavy atom. The zero-order chi connectivity index (χ0) is 92.7. The molecular weight excluding hydrogens is 1850 g/mol. The summed E-state index contributed by atoms with van der Waals surface area (Å²) in [6.07, 6.45) is 0.539. The van der Waals surface area contributed by atoms with E-state index < -0.39 is 17.5 Å². The monoisotopic (exact) mass is 1970 g/mol. The van der Waals surface area contributed by atoms with Gasteiger partial charge in [0.25, 0.3) is 0 Å². The van der Waals surface area contributed by atoms with Gasteiger partial charge < -0.3 is 86.9 Å². The summed E-state index contributed by atoms with van der Waals surface area (Å²) in [6.45, 7) is 22.7. The third-order valence-electron chi connectivity index (χ3n) is 25.0. The maximum absolute atomic E-state index is 13.4. The Hall–Kier alpha value is -10.5. The fourth-order valence-corrected chi connectivity index (χ4v) is 18.7. The minimum absolute atomic E-state index is 0. The molecular formula is C104H115Cl4IN8O14. The molecule has 8 aromatic carbocycles. The van der Waals surface area contributed by atoms with E-state index in [1.165, 1.54) is 0 Å². The van der Waals surface area contributed by atoms with Crippen LogP contribution in [0, 0.1) is 23.7 Å². The molecule has 0 aliphatic carbocycles. The molecule has 8 aliphatic heterocycles. The summed E-state index contributed by atoms with van der Waals surface area (Å²) in [5, 5.41) is 5.68. The number of ether oxygens (including phenoxy) is 5. The van der Waals surface area contributed by atoms with Crippen LogP contribution < -0.4 is 29.3 Å². The number of carbonyl (C=O) groups excluding carboxylic acids is 9. The fraction of sp³-hybridized carbons (Fsp3) is 0.375. The van der Waals surface area contributed by atoms with E-state index >= 15 is 0 Å². The quantitative estimate of drug-likeness (QED) is 0.0256. The SMILES string of the molecule is CC1=C(C(=O)OCc2ccccc2)C(c2ccc(Cl)cc2)CC(=O)N1CC1CN(C(=O)OC(C)(C)C)C1.CC1=C(C(=O)OCc2ccccc2)C(c2ccc(Cl)cc2)CC(=O)N1CC1CN(C)C1.CC1=C(C(=O)OCc2ccccc2)C(c2ccc(Cl)cc2)CC(=O)N1CC1CNC1.CC1=C(C(=O)OCc2ccccc2)C(c2ccc(Cl)cc2)CC(=O)N1CC1C[N+](C)(C)C1.[I-]. The fourth-order valence-electron chi connectivity index (χ4n) is 18.2. The molecule has 690 valence electrons. The Bertz CT molecular complexity index is 5500. The van der Waals surface area contributed by atoms with Gasteiger partial charge in [-0.1, -0.05) is 216 Å². The van der Waals surface area contributed by atoms with E-state index in [0.717, 1.165) is 88.3 Å². The highest BCUT2D eigenvalue weighted by molar-refractivity contribution is 6.31. The summed E-state index contributed by atoms with van der Waals surface area (Å²) in [7, 11) is 6.46. The highest BCUT2D eigenvalue weighted by atomic mass is 127. The summed E-state index contributed by atoms with van der Waals surface area (Å²) in [6, 6.07) is 67.6. The molecule has 4 fully saturated rings. The van der Waals surface area contributed by atoms with Crippen molar-refractivity contribution in [3.8, 4) is 0 Å². The van der Waals surface area contributed by atoms with Crippen molar-refractivity contribution in [1.82, 2.24) is 34.7 Å². The number of quaternary nitrogens is 1. The molecule has 4 atom stereocenters. The van der Waals surface area contributed by atoms with Crippen molar-refractivity contribution in [2.45, 2.75) is 130 Å². The molecule has 0 saturated carbocycles. The second kappa shape index (κ2) is 45.3. The Labute approximate surface area is 805 Å². The van der Waals surface area contributed by atoms with Gasteiger partial charge in [0, 0.05) is 175 Å². The van der Waals surface area contributed by atoms with Gasteiger partial charge in [0.05, 0.1) is 55.4 Å². The number of esters is 4. The van der Waals surface area contributed by atoms with Crippen molar-refractivity contribution in [3.05, 3.63) is 328 Å². The zero-order valence-electron chi connectivity index (χ0n) is 75.8. The van der Waals surface area contributed by atoms with Gasteiger partial charge >= 0.3 is 30.0 Å². The Kier molecular flexibility index (Phi) is 34.4. The van der Waals surface area contributed by atoms with Crippen LogP contribution in [-0.2, 0) is 88.5 Å². The third-order valence-corrected chi connectivity index (χ3v) is 26.0. The number of nitrogens with one attached hydrogen (secondary N) is 1. The summed E-state index contributed by atoms with van der Waals surface area (Å²) in [4.78, 5) is 129. The third kappa shape index (κ3) is 26.3. The van der Waals surface area contributed by atoms with Gasteiger partial charge in [-0.25, -0.2) is 24.0 Å². The number of carbonyl (C=O) groups is 9. The van der Waals surface area contributed by atoms with Gasteiger partial charge in [-0.15, -0.1) is 0 Å². The van der Waals surface area contributed by atoms with E-state index in [2.05, 4.69) is 31.4 Å². The molecule has 0 bridgehead atoms. The van der Waals surface area contributed by atoms with Gasteiger partial charge in [-0.05, 0) is 149 Å². The van der Waals surface area contributed by atoms with Crippen LogP contribution >= 0.6 is 46.4 Å². The molecule has 8 aliphatic rings. The van der Waals surface area contributed by atoms with Crippen LogP contribution in [0.25, 0.3) is 0 Å². The molecule has 1 N–H and O–H groups in total. The molecule has 22 nitrogen and oxygen atoms in total. The second-order valence-corrected chi connectivity index (χ2v) is 38.3. The van der Waals surface area contributed by atoms with Crippen molar-refractivity contribution < 1.29 is 95.3 Å². The molecule has 0 aromatic heterocycles. The van der Waals surface area contributed by atoms with Crippen LogP contribution in [0.5, 0.6) is 0 Å². The predicted molar refractivity (Wildman–Crippen MR) is 502 cm³/mol. The van der Waals surface area contributed by atoms with Crippen LogP contribution in [0.2, 0.25) is 20.1 Å². The van der Waals surface area contributed by atoms with E-state index in [4.69, 9.17) is 70.1 Å². The number of likely N-dealkylation sites (tertiary alicyclic amines) is 3. The van der Waals surface area contributed by atoms with E-state index in [9.17, 15) is 43.2 Å². The first kappa shape index (κ1) is 99.5. The molecule has 4 saturated heterocycles. The molecule has 0 spiro atoms. The summed E-state index contributed by atoms with van der Waals surface area (Å²) >= 11 is 24.2. The van der Waals surface area contributed by atoms with Crippen LogP contribution in [-0.4, -0.2) is 193 Å². The lowest BCUT2D eigenvalue weighted by Gasteiger charge is -2.47. The smallest absolute Gasteiger partial charge is 0.410 e. The minimum atomic E-state index is -0.560. The average molecular weight is 1970 g/mol. The predicted octanol–water partition coefficient (Wildman–Crippen LogP) is 15.1. The molecule has 27 heteroatoms. The Balaban J connectivity index is 0.000000158. The summed E-state index contributed by atoms with van der Waals surface area (Å²) < 4.78 is 29.2. The molecule has 131 heavy (non-hydrogen) atoms. The van der Waals surface area contributed by atoms with E-state index in [0.29, 0.717) is 122 Å². The zero-order valence-corrected chi connectivity index (χ0v) is 81.0. The highest BCUT2D eigenvalue weighted by Crippen LogP contribution is 2.44. The maximum atomic E-state index is 13.4. The van der Waals surface area contributed by atoms with E-state index in [1.807, 2.05) is 211 Å². The minimum Gasteiger partial charge on any atom is -1.00 e. The van der Waals surface area contributed by atoms with E-state index in [1.54, 1.807) is 80.0 Å². The number of hydrogen-bond donors (Lipinski definition) is 1. The van der Waals surface area contributed by atoms with Crippen LogP contribution in [0.1, 0.15) is 142 Å². The van der Waals surface area contributed by atoms with E-state index in [-0.39, 0.29) is 147 Å². The number of nitrogens with zero attached hydrogens (tertiary/aromatic N) is 7. The van der Waals surface area contributed by atoms with Crippen molar-refractivity contribution in [1.29, 1.82) is 0 Å². The standard InChI is InChI=1S/C29H33ClN2O5.C26H30ClN2O3.C25H27ClN2O3.C24H25ClN2O3.HI/c1-19-26(27(34)36-18-20-8-6-5-7-9-20)24(22-10-12-23(30)13-11-22)14-25(33)32(19)17-21-15-31(16-21)28(35)37-29(2,3)4;1-18-25(26(31)32-17-19-7-5-4-6-8-19)23(21-9-11-22(27)12-10-21)13-24(30)28(18)14-20-15-29(2,3)16-20;1-17-24(25(30)31-16-18-6-4-3-5-7-18)22(20-8-10-21(26)11-9-20)12-23(29)28(17)15-19-13-27(2)14-19;1-16-23(24(29)30-15-17-5-3-2-4-6-17)21(19-7-9-20(25)10-8-19)11-22(28)27(16)14-18-12-26-13-18;/h5-13,21,24H,14-18H2,1-4H3;4-12,20,23H,13-17H2,1-3H3;3-11,19,22H,12-16H2,1-2H3;2-10,18,21,26H,11-15H2,1H3;1H/q;+1;;;/p-1. The number of allylic oxidation sites excluding steroid dienone is 4. The summed E-state index contributed by atoms with van der Waals surface area (Å²) in [5.74, 6) is -1.54. The number of hydrogen-bond acceptors (Lipinski definition) is 16. The molecule has 8 aromatic rings. The number of rotatable bonds is 24. The average Bonchev–Trinajstić information content (AvgIpc) is 0.778. The van der Waals surface area contributed by atoms with Gasteiger partial charge in [-0.2, -0.15) is 0 Å². The molecule has 5 amide bonds. The Morgan fingerprint density at radius 2 is 0.611 bits per heavy atom. The molecule has 8 heterocycles. The molecule has 16 rings (SSSR count). The van der Waals surface area contributed by atoms with Crippen molar-refractivity contribution in [3.63, 3.8) is 0 Å². The number of halogens is 5. The highest BCUT2D eigenvalue weighted by Gasteiger charge is 2.46. The van der Waals surface area contributed by atoms with Crippen LogP contribution in [0.15, 0.2) is 263 Å².